The van der Waals surface area contributed by atoms with E-state index in [2.05, 4.69) is 0 Å². The molecular formula is C36H64O13. The van der Waals surface area contributed by atoms with Gasteiger partial charge in [-0.25, -0.2) is 0 Å². The van der Waals surface area contributed by atoms with Gasteiger partial charge in [-0.1, -0.05) is 34.6 Å². The molecule has 0 aromatic rings. The molecule has 5 N–H and O–H groups in total. The summed E-state index contributed by atoms with van der Waals surface area (Å²) in [5.41, 5.74) is -4.80. The number of esters is 1. The van der Waals surface area contributed by atoms with Gasteiger partial charge in [0.15, 0.2) is 12.6 Å². The van der Waals surface area contributed by atoms with Crippen molar-refractivity contribution in [3.8, 4) is 0 Å². The Morgan fingerprint density at radius 2 is 1.47 bits per heavy atom. The first-order valence-electron chi connectivity index (χ1n) is 17.9. The van der Waals surface area contributed by atoms with Crippen LogP contribution < -0.4 is 0 Å². The molecule has 0 spiro atoms. The fourth-order valence-corrected chi connectivity index (χ4v) is 8.16. The van der Waals surface area contributed by atoms with Gasteiger partial charge < -0.3 is 54.0 Å². The number of rotatable bonds is 6. The minimum atomic E-state index is -1.99. The largest absolute Gasteiger partial charge is 0.459 e. The van der Waals surface area contributed by atoms with Gasteiger partial charge in [-0.3, -0.25) is 9.59 Å². The van der Waals surface area contributed by atoms with Gasteiger partial charge in [0, 0.05) is 31.3 Å². The van der Waals surface area contributed by atoms with Gasteiger partial charge in [0.05, 0.1) is 47.6 Å². The van der Waals surface area contributed by atoms with E-state index in [0.717, 1.165) is 0 Å². The first-order chi connectivity index (χ1) is 22.5. The van der Waals surface area contributed by atoms with Gasteiger partial charge in [0.25, 0.3) is 0 Å². The number of ether oxygens (including phenoxy) is 6. The Morgan fingerprint density at radius 1 is 0.857 bits per heavy atom. The van der Waals surface area contributed by atoms with E-state index in [1.807, 2.05) is 13.8 Å². The zero-order valence-corrected chi connectivity index (χ0v) is 31.5. The molecule has 0 aromatic heterocycles. The summed E-state index contributed by atoms with van der Waals surface area (Å²) in [7, 11) is 1.48. The Labute approximate surface area is 291 Å². The number of hydrogen-bond donors (Lipinski definition) is 5. The minimum absolute atomic E-state index is 0.100. The van der Waals surface area contributed by atoms with Crippen LogP contribution in [-0.4, -0.2) is 123 Å². The van der Waals surface area contributed by atoms with Crippen molar-refractivity contribution in [1.82, 2.24) is 0 Å². The van der Waals surface area contributed by atoms with Crippen molar-refractivity contribution in [2.75, 3.05) is 7.11 Å². The standard InChI is InChI=1S/C36H64O13/c1-13-24-36(11,43)29(39)20(5)26(37)18(3)15-34(9,42)31(49-33-27(38)17(2)14-19(4)45-33)21(6)28(22(7)32(41)47-24)48-25-16-35(10,44-12)30(40)23(8)46-25/h17-25,27-31,33,38-40,42-43H,13-16H2,1-12H3/t17-,18+,19+,20-,21-,22+,23-,24+,25-,27+,28-,29+,30-,31+,33-,34+,35+,36+/m0/s1. The van der Waals surface area contributed by atoms with Crippen molar-refractivity contribution < 1.29 is 63.5 Å². The third-order valence-corrected chi connectivity index (χ3v) is 11.5. The van der Waals surface area contributed by atoms with Crippen molar-refractivity contribution in [3.63, 3.8) is 0 Å². The highest BCUT2D eigenvalue weighted by atomic mass is 16.7. The molecule has 3 aliphatic heterocycles. The first-order valence-corrected chi connectivity index (χ1v) is 17.9. The summed E-state index contributed by atoms with van der Waals surface area (Å²) in [5, 5.41) is 57.1. The van der Waals surface area contributed by atoms with Crippen molar-refractivity contribution in [2.24, 2.45) is 29.6 Å². The molecule has 0 amide bonds. The highest BCUT2D eigenvalue weighted by Gasteiger charge is 2.53. The maximum Gasteiger partial charge on any atom is 0.311 e. The summed E-state index contributed by atoms with van der Waals surface area (Å²) in [4.78, 5) is 27.7. The van der Waals surface area contributed by atoms with Crippen molar-refractivity contribution in [3.05, 3.63) is 0 Å². The number of Topliss-reactive ketones (excluding diaryl/α,β-unsaturated/α-hetero) is 1. The summed E-state index contributed by atoms with van der Waals surface area (Å²) in [6.45, 7) is 18.2. The van der Waals surface area contributed by atoms with Crippen LogP contribution in [0, 0.1) is 29.6 Å². The fraction of sp³-hybridized carbons (Fsp3) is 0.944. The molecule has 0 bridgehead atoms. The van der Waals surface area contributed by atoms with E-state index in [1.54, 1.807) is 41.5 Å². The lowest BCUT2D eigenvalue weighted by Gasteiger charge is -2.48. The molecule has 3 aliphatic rings. The van der Waals surface area contributed by atoms with Crippen molar-refractivity contribution in [2.45, 2.75) is 180 Å². The lowest BCUT2D eigenvalue weighted by Crippen LogP contribution is -2.60. The Balaban J connectivity index is 2.17. The highest BCUT2D eigenvalue weighted by Crippen LogP contribution is 2.41. The Morgan fingerprint density at radius 3 is 2.04 bits per heavy atom. The second-order valence-corrected chi connectivity index (χ2v) is 15.9. The van der Waals surface area contributed by atoms with Gasteiger partial charge in [0.1, 0.15) is 29.7 Å². The molecule has 3 fully saturated rings. The number of carbonyl (C=O) groups excluding carboxylic acids is 2. The normalized spacial score (nSPS) is 51.2. The Kier molecular flexibility index (Phi) is 13.9. The van der Waals surface area contributed by atoms with Crippen LogP contribution in [0.1, 0.15) is 102 Å². The molecule has 18 atom stereocenters. The zero-order chi connectivity index (χ0) is 37.4. The second kappa shape index (κ2) is 16.2. The van der Waals surface area contributed by atoms with Crippen LogP contribution in [0.15, 0.2) is 0 Å². The van der Waals surface area contributed by atoms with Gasteiger partial charge >= 0.3 is 5.97 Å². The molecule has 3 saturated heterocycles. The lowest BCUT2D eigenvalue weighted by atomic mass is 9.74. The maximum absolute atomic E-state index is 14.0. The van der Waals surface area contributed by atoms with Crippen LogP contribution in [0.4, 0.5) is 0 Å². The number of aliphatic hydroxyl groups excluding tert-OH is 3. The molecule has 49 heavy (non-hydrogen) atoms. The second-order valence-electron chi connectivity index (χ2n) is 15.9. The SMILES string of the molecule is CC[C@H]1OC(=O)[C@H](C)[C@@H](O[C@H]2C[C@@](C)(OC)[C@@H](O)[C@H](C)O2)[C@H](C)[C@@H](O[C@@H]2O[C@H](C)C[C@H](C)[C@H]2O)[C@](C)(O)C[C@@H](C)C(=O)[C@H](C)[C@@H](O)[C@]1(C)O. The monoisotopic (exact) mass is 704 g/mol. The summed E-state index contributed by atoms with van der Waals surface area (Å²) < 4.78 is 36.8. The average molecular weight is 705 g/mol. The van der Waals surface area contributed by atoms with Crippen LogP contribution in [0.3, 0.4) is 0 Å². The van der Waals surface area contributed by atoms with Crippen molar-refractivity contribution >= 4 is 11.8 Å². The molecule has 286 valence electrons. The predicted octanol–water partition coefficient (Wildman–Crippen LogP) is 2.49. The molecule has 0 aromatic carbocycles. The Bertz CT molecular complexity index is 1110. The molecule has 0 radical (unpaired) electrons. The van der Waals surface area contributed by atoms with E-state index in [1.165, 1.54) is 27.9 Å². The average Bonchev–Trinajstić information content (AvgIpc) is 3.02. The summed E-state index contributed by atoms with van der Waals surface area (Å²) in [6.07, 6.45) is -9.35. The summed E-state index contributed by atoms with van der Waals surface area (Å²) in [6, 6.07) is 0. The smallest absolute Gasteiger partial charge is 0.311 e. The Hall–Kier alpha value is -1.26. The molecule has 0 aliphatic carbocycles. The number of methoxy groups -OCH3 is 1. The predicted molar refractivity (Wildman–Crippen MR) is 178 cm³/mol. The zero-order valence-electron chi connectivity index (χ0n) is 31.5. The van der Waals surface area contributed by atoms with Crippen LogP contribution in [0.5, 0.6) is 0 Å². The lowest BCUT2D eigenvalue weighted by molar-refractivity contribution is -0.317. The number of hydrogen-bond acceptors (Lipinski definition) is 13. The van der Waals surface area contributed by atoms with E-state index in [9.17, 15) is 35.1 Å². The minimum Gasteiger partial charge on any atom is -0.459 e. The van der Waals surface area contributed by atoms with Crippen LogP contribution in [-0.2, 0) is 38.0 Å². The van der Waals surface area contributed by atoms with Crippen LogP contribution in [0.2, 0.25) is 0 Å². The molecule has 13 nitrogen and oxygen atoms in total. The quantitative estimate of drug-likeness (QED) is 0.254. The molecular weight excluding hydrogens is 640 g/mol. The summed E-state index contributed by atoms with van der Waals surface area (Å²) in [5.74, 6) is -5.08. The molecule has 3 rings (SSSR count). The molecule has 13 heteroatoms. The van der Waals surface area contributed by atoms with Gasteiger partial charge in [0.2, 0.25) is 0 Å². The van der Waals surface area contributed by atoms with E-state index < -0.39 is 108 Å². The topological polar surface area (TPSA) is 191 Å². The van der Waals surface area contributed by atoms with E-state index in [0.29, 0.717) is 6.42 Å². The highest BCUT2D eigenvalue weighted by molar-refractivity contribution is 5.83. The van der Waals surface area contributed by atoms with E-state index in [4.69, 9.17) is 28.4 Å². The number of ketones is 1. The first kappa shape index (κ1) is 42.2. The van der Waals surface area contributed by atoms with Gasteiger partial charge in [-0.2, -0.15) is 0 Å². The number of cyclic esters (lactones) is 1. The number of carbonyl (C=O) groups is 2. The van der Waals surface area contributed by atoms with Crippen LogP contribution >= 0.6 is 0 Å². The van der Waals surface area contributed by atoms with Gasteiger partial charge in [-0.15, -0.1) is 0 Å². The summed E-state index contributed by atoms with van der Waals surface area (Å²) >= 11 is 0. The van der Waals surface area contributed by atoms with Gasteiger partial charge in [-0.05, 0) is 66.7 Å². The van der Waals surface area contributed by atoms with E-state index >= 15 is 0 Å². The molecule has 0 saturated carbocycles. The fourth-order valence-electron chi connectivity index (χ4n) is 8.16. The third-order valence-electron chi connectivity index (χ3n) is 11.5. The molecule has 3 heterocycles. The van der Waals surface area contributed by atoms with E-state index in [-0.39, 0.29) is 31.3 Å². The maximum atomic E-state index is 14.0. The van der Waals surface area contributed by atoms with Crippen LogP contribution in [0.25, 0.3) is 0 Å². The number of aliphatic hydroxyl groups is 5. The third kappa shape index (κ3) is 9.04. The molecule has 0 unspecified atom stereocenters. The van der Waals surface area contributed by atoms with Crippen molar-refractivity contribution in [1.29, 1.82) is 0 Å².